The van der Waals surface area contributed by atoms with Crippen LogP contribution in [0.2, 0.25) is 0 Å². The highest BCUT2D eigenvalue weighted by Crippen LogP contribution is 2.21. The number of hydrogen-bond donors (Lipinski definition) is 3. The molecule has 0 aromatic heterocycles. The number of carboxylic acids is 1. The average molecular weight is 244 g/mol. The van der Waals surface area contributed by atoms with Crippen molar-refractivity contribution in [1.29, 1.82) is 0 Å². The lowest BCUT2D eigenvalue weighted by molar-refractivity contribution is -0.148. The summed E-state index contributed by atoms with van der Waals surface area (Å²) in [4.78, 5) is 24.1. The maximum Gasteiger partial charge on any atom is 0.326 e. The van der Waals surface area contributed by atoms with E-state index in [4.69, 9.17) is 10.8 Å². The zero-order valence-corrected chi connectivity index (χ0v) is 10.0. The van der Waals surface area contributed by atoms with E-state index in [1.54, 1.807) is 0 Å². The van der Waals surface area contributed by atoms with Crippen molar-refractivity contribution < 1.29 is 19.8 Å². The molecule has 0 aromatic carbocycles. The van der Waals surface area contributed by atoms with E-state index in [0.717, 1.165) is 6.42 Å². The topological polar surface area (TPSA) is 104 Å². The van der Waals surface area contributed by atoms with Gasteiger partial charge in [-0.05, 0) is 12.5 Å². The van der Waals surface area contributed by atoms with Crippen LogP contribution in [0.1, 0.15) is 26.2 Å². The van der Waals surface area contributed by atoms with Crippen LogP contribution in [-0.4, -0.2) is 52.2 Å². The molecule has 0 radical (unpaired) electrons. The summed E-state index contributed by atoms with van der Waals surface area (Å²) in [6.45, 7) is 2.46. The van der Waals surface area contributed by atoms with Gasteiger partial charge in [-0.15, -0.1) is 0 Å². The quantitative estimate of drug-likeness (QED) is 0.599. The summed E-state index contributed by atoms with van der Waals surface area (Å²) >= 11 is 0. The lowest BCUT2D eigenvalue weighted by atomic mass is 10.0. The van der Waals surface area contributed by atoms with Crippen molar-refractivity contribution in [3.05, 3.63) is 0 Å². The molecule has 0 spiro atoms. The first-order chi connectivity index (χ1) is 7.99. The van der Waals surface area contributed by atoms with Gasteiger partial charge >= 0.3 is 5.97 Å². The minimum atomic E-state index is -1.06. The van der Waals surface area contributed by atoms with Crippen molar-refractivity contribution in [3.8, 4) is 0 Å². The van der Waals surface area contributed by atoms with Crippen LogP contribution in [0.4, 0.5) is 0 Å². The van der Waals surface area contributed by atoms with Crippen molar-refractivity contribution in [2.24, 2.45) is 11.7 Å². The molecule has 17 heavy (non-hydrogen) atoms. The van der Waals surface area contributed by atoms with E-state index in [0.29, 0.717) is 6.54 Å². The van der Waals surface area contributed by atoms with Gasteiger partial charge in [0.25, 0.3) is 0 Å². The summed E-state index contributed by atoms with van der Waals surface area (Å²) in [6, 6.07) is -0.896. The van der Waals surface area contributed by atoms with Gasteiger partial charge in [0.15, 0.2) is 0 Å². The number of carbonyl (C=O) groups excluding carboxylic acids is 1. The molecule has 0 saturated carbocycles. The molecule has 1 unspecified atom stereocenters. The van der Waals surface area contributed by atoms with Crippen molar-refractivity contribution in [1.82, 2.24) is 4.90 Å². The van der Waals surface area contributed by atoms with Crippen molar-refractivity contribution in [2.45, 2.75) is 38.3 Å². The van der Waals surface area contributed by atoms with Crippen LogP contribution in [0.25, 0.3) is 0 Å². The molecule has 1 aliphatic rings. The number of nitrogens with two attached hydrogens (primary N) is 1. The highest BCUT2D eigenvalue weighted by molar-refractivity contribution is 5.84. The first kappa shape index (κ1) is 13.9. The van der Waals surface area contributed by atoms with Gasteiger partial charge in [0.1, 0.15) is 6.04 Å². The van der Waals surface area contributed by atoms with E-state index < -0.39 is 18.1 Å². The summed E-state index contributed by atoms with van der Waals surface area (Å²) in [5.41, 5.74) is 5.52. The van der Waals surface area contributed by atoms with Gasteiger partial charge in [-0.1, -0.05) is 13.3 Å². The molecule has 1 saturated heterocycles. The van der Waals surface area contributed by atoms with Crippen LogP contribution in [0.3, 0.4) is 0 Å². The maximum absolute atomic E-state index is 11.9. The van der Waals surface area contributed by atoms with E-state index in [9.17, 15) is 14.7 Å². The number of aliphatic hydroxyl groups is 1. The third-order valence-corrected chi connectivity index (χ3v) is 3.26. The lowest BCUT2D eigenvalue weighted by Gasteiger charge is -2.23. The Balaban J connectivity index is 2.64. The first-order valence-electron chi connectivity index (χ1n) is 5.90. The number of aliphatic carboxylic acids is 1. The summed E-state index contributed by atoms with van der Waals surface area (Å²) in [6.07, 6.45) is 0.415. The fourth-order valence-corrected chi connectivity index (χ4v) is 2.08. The van der Waals surface area contributed by atoms with Crippen LogP contribution >= 0.6 is 0 Å². The predicted molar refractivity (Wildman–Crippen MR) is 61.2 cm³/mol. The van der Waals surface area contributed by atoms with Gasteiger partial charge in [0.2, 0.25) is 5.91 Å². The molecular formula is C11H20N2O4. The molecule has 1 heterocycles. The molecule has 0 bridgehead atoms. The standard InChI is InChI=1S/C11H20N2O4/c1-2-7(5-12)3-10(15)13-6-8(14)4-9(13)11(16)17/h7-9,14H,2-6,12H2,1H3,(H,16,17)/t7?,8-,9+/m1/s1. The van der Waals surface area contributed by atoms with E-state index in [2.05, 4.69) is 0 Å². The Morgan fingerprint density at radius 3 is 2.65 bits per heavy atom. The van der Waals surface area contributed by atoms with Crippen LogP contribution in [0, 0.1) is 5.92 Å². The van der Waals surface area contributed by atoms with Crippen molar-refractivity contribution in [3.63, 3.8) is 0 Å². The first-order valence-corrected chi connectivity index (χ1v) is 5.90. The second-order valence-electron chi connectivity index (χ2n) is 4.50. The number of carbonyl (C=O) groups is 2. The van der Waals surface area contributed by atoms with Crippen molar-refractivity contribution >= 4 is 11.9 Å². The number of hydrogen-bond acceptors (Lipinski definition) is 4. The number of β-amino-alcohol motifs (C(OH)–C–C–N with tert-alkyl or cyclic N) is 1. The zero-order valence-electron chi connectivity index (χ0n) is 10.0. The number of aliphatic hydroxyl groups excluding tert-OH is 1. The SMILES string of the molecule is CCC(CN)CC(=O)N1C[C@H](O)C[C@H]1C(=O)O. The summed E-state index contributed by atoms with van der Waals surface area (Å²) in [5, 5.41) is 18.4. The number of carboxylic acid groups (broad SMARTS) is 1. The Morgan fingerprint density at radius 1 is 1.53 bits per heavy atom. The second kappa shape index (κ2) is 5.97. The second-order valence-corrected chi connectivity index (χ2v) is 4.50. The predicted octanol–water partition coefficient (Wildman–Crippen LogP) is -0.592. The minimum absolute atomic E-state index is 0.0784. The number of likely N-dealkylation sites (tertiary alicyclic amines) is 1. The van der Waals surface area contributed by atoms with Gasteiger partial charge in [0, 0.05) is 19.4 Å². The highest BCUT2D eigenvalue weighted by Gasteiger charge is 2.38. The molecule has 1 fully saturated rings. The number of nitrogens with zero attached hydrogens (tertiary/aromatic N) is 1. The fraction of sp³-hybridized carbons (Fsp3) is 0.818. The molecule has 3 atom stereocenters. The average Bonchev–Trinajstić information content (AvgIpc) is 2.68. The van der Waals surface area contributed by atoms with Gasteiger partial charge in [0.05, 0.1) is 6.10 Å². The Kier molecular flexibility index (Phi) is 4.89. The van der Waals surface area contributed by atoms with Crippen LogP contribution in [-0.2, 0) is 9.59 Å². The van der Waals surface area contributed by atoms with E-state index >= 15 is 0 Å². The third kappa shape index (κ3) is 3.41. The van der Waals surface area contributed by atoms with Crippen molar-refractivity contribution in [2.75, 3.05) is 13.1 Å². The molecule has 6 heteroatoms. The molecule has 1 amide bonds. The molecule has 6 nitrogen and oxygen atoms in total. The maximum atomic E-state index is 11.9. The molecule has 0 aliphatic carbocycles. The van der Waals surface area contributed by atoms with Gasteiger partial charge < -0.3 is 20.8 Å². The number of amides is 1. The van der Waals surface area contributed by atoms with Gasteiger partial charge in [-0.2, -0.15) is 0 Å². The number of rotatable bonds is 5. The summed E-state index contributed by atoms with van der Waals surface area (Å²) < 4.78 is 0. The van der Waals surface area contributed by atoms with Gasteiger partial charge in [-0.25, -0.2) is 4.79 Å². The summed E-state index contributed by atoms with van der Waals surface area (Å²) in [7, 11) is 0. The summed E-state index contributed by atoms with van der Waals surface area (Å²) in [5.74, 6) is -1.21. The molecule has 0 aromatic rings. The fourth-order valence-electron chi connectivity index (χ4n) is 2.08. The monoisotopic (exact) mass is 244 g/mol. The minimum Gasteiger partial charge on any atom is -0.480 e. The lowest BCUT2D eigenvalue weighted by Crippen LogP contribution is -2.41. The van der Waals surface area contributed by atoms with E-state index in [-0.39, 0.29) is 31.2 Å². The molecule has 98 valence electrons. The van der Waals surface area contributed by atoms with E-state index in [1.165, 1.54) is 4.90 Å². The Bertz CT molecular complexity index is 291. The smallest absolute Gasteiger partial charge is 0.326 e. The molecule has 1 aliphatic heterocycles. The highest BCUT2D eigenvalue weighted by atomic mass is 16.4. The molecular weight excluding hydrogens is 224 g/mol. The zero-order chi connectivity index (χ0) is 13.0. The molecule has 4 N–H and O–H groups in total. The van der Waals surface area contributed by atoms with Crippen LogP contribution < -0.4 is 5.73 Å². The van der Waals surface area contributed by atoms with Crippen LogP contribution in [0.15, 0.2) is 0 Å². The molecule has 1 rings (SSSR count). The third-order valence-electron chi connectivity index (χ3n) is 3.26. The van der Waals surface area contributed by atoms with Crippen LogP contribution in [0.5, 0.6) is 0 Å². The Hall–Kier alpha value is -1.14. The van der Waals surface area contributed by atoms with Gasteiger partial charge in [-0.3, -0.25) is 4.79 Å². The Morgan fingerprint density at radius 2 is 2.18 bits per heavy atom. The largest absolute Gasteiger partial charge is 0.480 e. The van der Waals surface area contributed by atoms with E-state index in [1.807, 2.05) is 6.92 Å². The normalized spacial score (nSPS) is 25.9. The Labute approximate surface area is 100 Å².